The first kappa shape index (κ1) is 13.9. The van der Waals surface area contributed by atoms with E-state index in [-0.39, 0.29) is 17.4 Å². The van der Waals surface area contributed by atoms with Crippen LogP contribution in [0.4, 0.5) is 0 Å². The van der Waals surface area contributed by atoms with Gasteiger partial charge in [0, 0.05) is 17.8 Å². The van der Waals surface area contributed by atoms with Crippen molar-refractivity contribution in [1.29, 1.82) is 0 Å². The van der Waals surface area contributed by atoms with Gasteiger partial charge in [-0.3, -0.25) is 14.9 Å². The van der Waals surface area contributed by atoms with Crippen molar-refractivity contribution in [2.45, 2.75) is 45.4 Å². The van der Waals surface area contributed by atoms with Crippen LogP contribution in [-0.4, -0.2) is 24.0 Å². The summed E-state index contributed by atoms with van der Waals surface area (Å²) < 4.78 is 4.77. The van der Waals surface area contributed by atoms with Gasteiger partial charge >= 0.3 is 5.97 Å². The molecule has 88 valence electrons. The molecule has 0 amide bonds. The van der Waals surface area contributed by atoms with Crippen molar-refractivity contribution in [3.63, 3.8) is 0 Å². The highest BCUT2D eigenvalue weighted by Crippen LogP contribution is 2.06. The highest BCUT2D eigenvalue weighted by molar-refractivity contribution is 5.69. The van der Waals surface area contributed by atoms with Gasteiger partial charge in [0.25, 0.3) is 0 Å². The fourth-order valence-corrected chi connectivity index (χ4v) is 1.27. The van der Waals surface area contributed by atoms with Crippen LogP contribution < -0.4 is 0 Å². The van der Waals surface area contributed by atoms with E-state index >= 15 is 0 Å². The summed E-state index contributed by atoms with van der Waals surface area (Å²) in [4.78, 5) is 20.6. The molecule has 0 rings (SSSR count). The second-order valence-electron chi connectivity index (χ2n) is 3.38. The first-order chi connectivity index (χ1) is 7.16. The van der Waals surface area contributed by atoms with Crippen molar-refractivity contribution in [1.82, 2.24) is 0 Å². The van der Waals surface area contributed by atoms with Crippen LogP contribution in [-0.2, 0) is 9.53 Å². The van der Waals surface area contributed by atoms with Crippen molar-refractivity contribution in [3.05, 3.63) is 10.1 Å². The van der Waals surface area contributed by atoms with Gasteiger partial charge in [-0.05, 0) is 19.8 Å². The van der Waals surface area contributed by atoms with Gasteiger partial charge in [0.1, 0.15) is 0 Å². The molecule has 0 aliphatic carbocycles. The largest absolute Gasteiger partial charge is 0.466 e. The summed E-state index contributed by atoms with van der Waals surface area (Å²) in [7, 11) is 0. The summed E-state index contributed by atoms with van der Waals surface area (Å²) in [6.07, 6.45) is 4.67. The maximum atomic E-state index is 10.9. The van der Waals surface area contributed by atoms with Crippen molar-refractivity contribution in [2.24, 2.45) is 0 Å². The van der Waals surface area contributed by atoms with Gasteiger partial charge in [0.2, 0.25) is 6.54 Å². The summed E-state index contributed by atoms with van der Waals surface area (Å²) in [6, 6.07) is 0. The Balaban J connectivity index is 3.11. The first-order valence-electron chi connectivity index (χ1n) is 5.44. The van der Waals surface area contributed by atoms with E-state index in [2.05, 4.69) is 0 Å². The lowest BCUT2D eigenvalue weighted by molar-refractivity contribution is -0.480. The molecular weight excluding hydrogens is 198 g/mol. The number of carbonyl (C=O) groups excluding carboxylic acids is 1. The Morgan fingerprint density at radius 1 is 1.20 bits per heavy atom. The van der Waals surface area contributed by atoms with Crippen LogP contribution in [0.1, 0.15) is 45.4 Å². The normalized spacial score (nSPS) is 9.93. The zero-order chi connectivity index (χ0) is 11.5. The molecular formula is C10H19NO4. The van der Waals surface area contributed by atoms with Crippen molar-refractivity contribution in [3.8, 4) is 0 Å². The zero-order valence-electron chi connectivity index (χ0n) is 9.24. The lowest BCUT2D eigenvalue weighted by Gasteiger charge is -2.01. The predicted molar refractivity (Wildman–Crippen MR) is 56.2 cm³/mol. The Labute approximate surface area is 90.0 Å². The number of nitrogens with zero attached hydrogens (tertiary/aromatic N) is 1. The summed E-state index contributed by atoms with van der Waals surface area (Å²) >= 11 is 0. The lowest BCUT2D eigenvalue weighted by Crippen LogP contribution is -2.03. The van der Waals surface area contributed by atoms with Crippen LogP contribution in [0.3, 0.4) is 0 Å². The number of carbonyl (C=O) groups is 1. The SMILES string of the molecule is CCOC(=O)CCCCCCC[N+](=O)[O-]. The molecule has 0 fully saturated rings. The number of hydrogen-bond acceptors (Lipinski definition) is 4. The predicted octanol–water partition coefficient (Wildman–Crippen LogP) is 2.17. The van der Waals surface area contributed by atoms with E-state index in [1.54, 1.807) is 6.92 Å². The van der Waals surface area contributed by atoms with Crippen LogP contribution >= 0.6 is 0 Å². The van der Waals surface area contributed by atoms with Gasteiger partial charge in [-0.15, -0.1) is 0 Å². The van der Waals surface area contributed by atoms with E-state index in [1.165, 1.54) is 0 Å². The minimum absolute atomic E-state index is 0.0534. The Morgan fingerprint density at radius 2 is 1.80 bits per heavy atom. The fraction of sp³-hybridized carbons (Fsp3) is 0.900. The van der Waals surface area contributed by atoms with E-state index in [1.807, 2.05) is 0 Å². The van der Waals surface area contributed by atoms with Crippen LogP contribution in [0.25, 0.3) is 0 Å². The Bertz CT molecular complexity index is 194. The maximum absolute atomic E-state index is 10.9. The Morgan fingerprint density at radius 3 is 2.40 bits per heavy atom. The third kappa shape index (κ3) is 10.8. The maximum Gasteiger partial charge on any atom is 0.305 e. The summed E-state index contributed by atoms with van der Waals surface area (Å²) in [6.45, 7) is 2.27. The molecule has 0 bridgehead atoms. The fourth-order valence-electron chi connectivity index (χ4n) is 1.27. The summed E-state index contributed by atoms with van der Waals surface area (Å²) in [5.41, 5.74) is 0. The van der Waals surface area contributed by atoms with Crippen molar-refractivity contribution >= 4 is 5.97 Å². The van der Waals surface area contributed by atoms with Gasteiger partial charge in [-0.1, -0.05) is 12.8 Å². The molecule has 15 heavy (non-hydrogen) atoms. The van der Waals surface area contributed by atoms with E-state index in [0.717, 1.165) is 25.7 Å². The second kappa shape index (κ2) is 9.43. The molecule has 0 aromatic rings. The number of esters is 1. The van der Waals surface area contributed by atoms with Gasteiger partial charge in [-0.2, -0.15) is 0 Å². The number of ether oxygens (including phenoxy) is 1. The number of unbranched alkanes of at least 4 members (excludes halogenated alkanes) is 4. The molecule has 0 atom stereocenters. The standard InChI is InChI=1S/C10H19NO4/c1-2-15-10(12)8-6-4-3-5-7-9-11(13)14/h2-9H2,1H3. The highest BCUT2D eigenvalue weighted by atomic mass is 16.6. The molecule has 0 radical (unpaired) electrons. The van der Waals surface area contributed by atoms with Gasteiger partial charge < -0.3 is 4.74 Å². The lowest BCUT2D eigenvalue weighted by atomic mass is 10.1. The first-order valence-corrected chi connectivity index (χ1v) is 5.44. The zero-order valence-corrected chi connectivity index (χ0v) is 9.24. The minimum Gasteiger partial charge on any atom is -0.466 e. The Kier molecular flexibility index (Phi) is 8.72. The minimum atomic E-state index is -0.293. The third-order valence-corrected chi connectivity index (χ3v) is 2.03. The topological polar surface area (TPSA) is 69.4 Å². The van der Waals surface area contributed by atoms with E-state index in [4.69, 9.17) is 4.74 Å². The molecule has 0 aliphatic heterocycles. The van der Waals surface area contributed by atoms with Crippen LogP contribution in [0.15, 0.2) is 0 Å². The summed E-state index contributed by atoms with van der Waals surface area (Å²) in [5, 5.41) is 9.99. The van der Waals surface area contributed by atoms with Gasteiger partial charge in [-0.25, -0.2) is 0 Å². The Hall–Kier alpha value is -1.13. The number of rotatable bonds is 9. The average molecular weight is 217 g/mol. The number of hydrogen-bond donors (Lipinski definition) is 0. The molecule has 0 aromatic carbocycles. The molecule has 0 heterocycles. The highest BCUT2D eigenvalue weighted by Gasteiger charge is 2.01. The average Bonchev–Trinajstić information content (AvgIpc) is 2.16. The molecule has 0 saturated heterocycles. The van der Waals surface area contributed by atoms with Gasteiger partial charge in [0.05, 0.1) is 6.61 Å². The van der Waals surface area contributed by atoms with E-state index in [0.29, 0.717) is 19.4 Å². The van der Waals surface area contributed by atoms with Crippen LogP contribution in [0, 0.1) is 10.1 Å². The van der Waals surface area contributed by atoms with Crippen LogP contribution in [0.2, 0.25) is 0 Å². The molecule has 0 spiro atoms. The van der Waals surface area contributed by atoms with Crippen molar-refractivity contribution < 1.29 is 14.5 Å². The molecule has 0 aromatic heterocycles. The molecule has 5 nitrogen and oxygen atoms in total. The van der Waals surface area contributed by atoms with E-state index < -0.39 is 0 Å². The summed E-state index contributed by atoms with van der Waals surface area (Å²) in [5.74, 6) is -0.150. The smallest absolute Gasteiger partial charge is 0.305 e. The van der Waals surface area contributed by atoms with Crippen molar-refractivity contribution in [2.75, 3.05) is 13.2 Å². The molecule has 5 heteroatoms. The molecule has 0 N–H and O–H groups in total. The van der Waals surface area contributed by atoms with E-state index in [9.17, 15) is 14.9 Å². The number of nitro groups is 1. The third-order valence-electron chi connectivity index (χ3n) is 2.03. The van der Waals surface area contributed by atoms with Gasteiger partial charge in [0.15, 0.2) is 0 Å². The molecule has 0 aliphatic rings. The second-order valence-corrected chi connectivity index (χ2v) is 3.38. The quantitative estimate of drug-likeness (QED) is 0.257. The molecule has 0 unspecified atom stereocenters. The monoisotopic (exact) mass is 217 g/mol. The van der Waals surface area contributed by atoms with Crippen LogP contribution in [0.5, 0.6) is 0 Å². The molecule has 0 saturated carbocycles.